The maximum absolute atomic E-state index is 6.31. The molecule has 0 aliphatic carbocycles. The maximum Gasteiger partial charge on any atom is 0.0677 e. The first-order chi connectivity index (χ1) is 12.5. The summed E-state index contributed by atoms with van der Waals surface area (Å²) < 4.78 is 2.08. The van der Waals surface area contributed by atoms with Gasteiger partial charge in [0.15, 0.2) is 0 Å². The fraction of sp³-hybridized carbons (Fsp3) is 0.571. The van der Waals surface area contributed by atoms with Gasteiger partial charge in [0.05, 0.1) is 12.2 Å². The van der Waals surface area contributed by atoms with Gasteiger partial charge in [0.1, 0.15) is 0 Å². The van der Waals surface area contributed by atoms with Gasteiger partial charge in [-0.1, -0.05) is 29.8 Å². The molecule has 0 unspecified atom stereocenters. The van der Waals surface area contributed by atoms with Gasteiger partial charge in [-0.3, -0.25) is 4.68 Å². The average molecular weight is 375 g/mol. The van der Waals surface area contributed by atoms with Crippen molar-refractivity contribution in [1.82, 2.24) is 20.0 Å². The Hall–Kier alpha value is -1.36. The van der Waals surface area contributed by atoms with Crippen molar-refractivity contribution < 1.29 is 0 Å². The molecule has 5 heteroatoms. The molecule has 26 heavy (non-hydrogen) atoms. The minimum absolute atomic E-state index is 0.607. The minimum Gasteiger partial charge on any atom is -0.310 e. The van der Waals surface area contributed by atoms with E-state index in [0.29, 0.717) is 12.1 Å². The number of hydrogen-bond acceptors (Lipinski definition) is 3. The molecule has 142 valence electrons. The van der Waals surface area contributed by atoms with E-state index in [-0.39, 0.29) is 0 Å². The number of likely N-dealkylation sites (tertiary alicyclic amines) is 1. The lowest BCUT2D eigenvalue weighted by atomic mass is 10.0. The quantitative estimate of drug-likeness (QED) is 0.823. The number of nitrogens with zero attached hydrogens (tertiary/aromatic N) is 3. The molecule has 0 saturated carbocycles. The first-order valence-electron chi connectivity index (χ1n) is 9.69. The highest BCUT2D eigenvalue weighted by molar-refractivity contribution is 6.31. The Morgan fingerprint density at radius 1 is 1.19 bits per heavy atom. The zero-order valence-corrected chi connectivity index (χ0v) is 17.2. The van der Waals surface area contributed by atoms with Gasteiger partial charge >= 0.3 is 0 Å². The number of aromatic nitrogens is 2. The molecule has 0 radical (unpaired) electrons. The highest BCUT2D eigenvalue weighted by Crippen LogP contribution is 2.20. The lowest BCUT2D eigenvalue weighted by Crippen LogP contribution is -2.44. The maximum atomic E-state index is 6.31. The summed E-state index contributed by atoms with van der Waals surface area (Å²) in [6, 6.07) is 9.26. The number of benzene rings is 1. The molecule has 4 nitrogen and oxygen atoms in total. The summed E-state index contributed by atoms with van der Waals surface area (Å²) in [6.45, 7) is 12.8. The van der Waals surface area contributed by atoms with E-state index in [9.17, 15) is 0 Å². The molecule has 0 bridgehead atoms. The zero-order valence-electron chi connectivity index (χ0n) is 16.4. The van der Waals surface area contributed by atoms with Gasteiger partial charge in [-0.05, 0) is 65.3 Å². The topological polar surface area (TPSA) is 33.1 Å². The molecule has 0 spiro atoms. The molecule has 1 saturated heterocycles. The molecule has 1 aromatic carbocycles. The third-order valence-electron chi connectivity index (χ3n) is 5.64. The number of aryl methyl sites for hydroxylation is 1. The van der Waals surface area contributed by atoms with Crippen LogP contribution in [0.15, 0.2) is 24.3 Å². The first kappa shape index (κ1) is 19.4. The fourth-order valence-corrected chi connectivity index (χ4v) is 3.99. The second kappa shape index (κ2) is 8.55. The number of halogens is 1. The zero-order chi connectivity index (χ0) is 18.7. The van der Waals surface area contributed by atoms with Crippen molar-refractivity contribution in [1.29, 1.82) is 0 Å². The van der Waals surface area contributed by atoms with Crippen LogP contribution in [0.2, 0.25) is 5.02 Å². The Balaban J connectivity index is 1.61. The van der Waals surface area contributed by atoms with Crippen LogP contribution < -0.4 is 5.32 Å². The molecule has 1 aromatic heterocycles. The Labute approximate surface area is 162 Å². The van der Waals surface area contributed by atoms with Gasteiger partial charge in [-0.15, -0.1) is 0 Å². The highest BCUT2D eigenvalue weighted by Gasteiger charge is 2.21. The monoisotopic (exact) mass is 374 g/mol. The van der Waals surface area contributed by atoms with Gasteiger partial charge in [-0.25, -0.2) is 0 Å². The van der Waals surface area contributed by atoms with E-state index in [1.165, 1.54) is 37.2 Å². The molecule has 3 rings (SSSR count). The van der Waals surface area contributed by atoms with Crippen molar-refractivity contribution in [3.63, 3.8) is 0 Å². The Bertz CT molecular complexity index is 730. The van der Waals surface area contributed by atoms with Crippen molar-refractivity contribution in [2.45, 2.75) is 65.7 Å². The SMILES string of the molecule is Cc1nn(Cc2ccccc2Cl)c(C)c1CNC1CCN(C(C)C)CC1. The Morgan fingerprint density at radius 2 is 1.88 bits per heavy atom. The molecule has 0 atom stereocenters. The summed E-state index contributed by atoms with van der Waals surface area (Å²) in [6.07, 6.45) is 2.45. The van der Waals surface area contributed by atoms with Crippen LogP contribution in [0, 0.1) is 13.8 Å². The van der Waals surface area contributed by atoms with Crippen LogP contribution in [-0.4, -0.2) is 39.9 Å². The Kier molecular flexibility index (Phi) is 6.38. The highest BCUT2D eigenvalue weighted by atomic mass is 35.5. The Morgan fingerprint density at radius 3 is 2.54 bits per heavy atom. The van der Waals surface area contributed by atoms with E-state index >= 15 is 0 Å². The normalized spacial score (nSPS) is 16.5. The summed E-state index contributed by atoms with van der Waals surface area (Å²) in [7, 11) is 0. The van der Waals surface area contributed by atoms with E-state index in [0.717, 1.165) is 29.4 Å². The minimum atomic E-state index is 0.607. The van der Waals surface area contributed by atoms with Crippen LogP contribution in [0.25, 0.3) is 0 Å². The molecule has 1 aliphatic rings. The predicted molar refractivity (Wildman–Crippen MR) is 109 cm³/mol. The van der Waals surface area contributed by atoms with E-state index in [1.807, 2.05) is 18.2 Å². The van der Waals surface area contributed by atoms with E-state index in [4.69, 9.17) is 16.7 Å². The molecular formula is C21H31ClN4. The summed E-state index contributed by atoms with van der Waals surface area (Å²) in [5, 5.41) is 9.32. The third-order valence-corrected chi connectivity index (χ3v) is 6.01. The van der Waals surface area contributed by atoms with E-state index in [2.05, 4.69) is 48.7 Å². The van der Waals surface area contributed by atoms with Gasteiger partial charge in [0, 0.05) is 34.9 Å². The number of hydrogen-bond donors (Lipinski definition) is 1. The predicted octanol–water partition coefficient (Wildman–Crippen LogP) is 4.16. The van der Waals surface area contributed by atoms with Crippen LogP contribution in [0.1, 0.15) is 49.2 Å². The van der Waals surface area contributed by atoms with E-state index in [1.54, 1.807) is 0 Å². The van der Waals surface area contributed by atoms with Crippen molar-refractivity contribution in [3.05, 3.63) is 51.8 Å². The number of rotatable bonds is 6. The van der Waals surface area contributed by atoms with Gasteiger partial charge < -0.3 is 10.2 Å². The molecule has 2 heterocycles. The first-order valence-corrected chi connectivity index (χ1v) is 10.1. The second-order valence-corrected chi connectivity index (χ2v) is 8.09. The summed E-state index contributed by atoms with van der Waals surface area (Å²) >= 11 is 6.31. The number of piperidine rings is 1. The number of nitrogens with one attached hydrogen (secondary N) is 1. The smallest absolute Gasteiger partial charge is 0.0677 e. The lowest BCUT2D eigenvalue weighted by molar-refractivity contribution is 0.161. The average Bonchev–Trinajstić information content (AvgIpc) is 2.89. The third kappa shape index (κ3) is 4.48. The fourth-order valence-electron chi connectivity index (χ4n) is 3.80. The molecule has 1 N–H and O–H groups in total. The molecule has 1 aliphatic heterocycles. The van der Waals surface area contributed by atoms with Crippen LogP contribution in [0.4, 0.5) is 0 Å². The van der Waals surface area contributed by atoms with Crippen LogP contribution in [0.3, 0.4) is 0 Å². The molecular weight excluding hydrogens is 344 g/mol. The molecule has 1 fully saturated rings. The summed E-state index contributed by atoms with van der Waals surface area (Å²) in [4.78, 5) is 2.57. The molecule has 2 aromatic rings. The second-order valence-electron chi connectivity index (χ2n) is 7.68. The van der Waals surface area contributed by atoms with Crippen LogP contribution in [0.5, 0.6) is 0 Å². The largest absolute Gasteiger partial charge is 0.310 e. The standard InChI is InChI=1S/C21H31ClN4/c1-15(2)25-11-9-19(10-12-25)23-13-20-16(3)24-26(17(20)4)14-18-7-5-6-8-21(18)22/h5-8,15,19,23H,9-14H2,1-4H3. The molecule has 0 amide bonds. The van der Waals surface area contributed by atoms with Crippen LogP contribution in [-0.2, 0) is 13.1 Å². The van der Waals surface area contributed by atoms with Gasteiger partial charge in [0.2, 0.25) is 0 Å². The van der Waals surface area contributed by atoms with Gasteiger partial charge in [-0.2, -0.15) is 5.10 Å². The van der Waals surface area contributed by atoms with E-state index < -0.39 is 0 Å². The summed E-state index contributed by atoms with van der Waals surface area (Å²) in [5.41, 5.74) is 4.78. The van der Waals surface area contributed by atoms with Crippen LogP contribution >= 0.6 is 11.6 Å². The van der Waals surface area contributed by atoms with Crippen molar-refractivity contribution >= 4 is 11.6 Å². The van der Waals surface area contributed by atoms with Gasteiger partial charge in [0.25, 0.3) is 0 Å². The van der Waals surface area contributed by atoms with Crippen molar-refractivity contribution in [2.75, 3.05) is 13.1 Å². The van der Waals surface area contributed by atoms with Crippen molar-refractivity contribution in [2.24, 2.45) is 0 Å². The summed E-state index contributed by atoms with van der Waals surface area (Å²) in [5.74, 6) is 0. The van der Waals surface area contributed by atoms with Crippen molar-refractivity contribution in [3.8, 4) is 0 Å². The lowest BCUT2D eigenvalue weighted by Gasteiger charge is -2.35.